The molecule has 1 aromatic carbocycles. The van der Waals surface area contributed by atoms with Gasteiger partial charge in [0.15, 0.2) is 0 Å². The third-order valence-corrected chi connectivity index (χ3v) is 7.44. The summed E-state index contributed by atoms with van der Waals surface area (Å²) in [4.78, 5) is 26.1. The number of halogens is 3. The lowest BCUT2D eigenvalue weighted by Gasteiger charge is -2.40. The standard InChI is InChI=1S/C24H30Cl2FN5O/c1-16-22(24(33)32-12-7-19(8-13-32)31-10-5-18(27)6-11-31)29-15-30-23(16)28-9-4-17-2-3-20(25)21(26)14-17/h2-3,14-15,18-19H,4-13H2,1H3,(H,28,29,30). The number of hydrogen-bond acceptors (Lipinski definition) is 5. The number of anilines is 1. The minimum Gasteiger partial charge on any atom is -0.369 e. The van der Waals surface area contributed by atoms with Gasteiger partial charge in [-0.15, -0.1) is 0 Å². The van der Waals surface area contributed by atoms with E-state index < -0.39 is 6.17 Å². The first-order valence-electron chi connectivity index (χ1n) is 11.6. The van der Waals surface area contributed by atoms with E-state index in [9.17, 15) is 9.18 Å². The lowest BCUT2D eigenvalue weighted by atomic mass is 9.99. The number of nitrogens with zero attached hydrogens (tertiary/aromatic N) is 4. The van der Waals surface area contributed by atoms with E-state index in [0.717, 1.165) is 43.5 Å². The first-order chi connectivity index (χ1) is 15.9. The van der Waals surface area contributed by atoms with Gasteiger partial charge >= 0.3 is 0 Å². The van der Waals surface area contributed by atoms with Crippen LogP contribution in [0.4, 0.5) is 10.2 Å². The highest BCUT2D eigenvalue weighted by atomic mass is 35.5. The van der Waals surface area contributed by atoms with Gasteiger partial charge in [-0.2, -0.15) is 0 Å². The molecule has 2 saturated heterocycles. The monoisotopic (exact) mass is 493 g/mol. The molecule has 0 atom stereocenters. The Morgan fingerprint density at radius 3 is 2.52 bits per heavy atom. The molecular weight excluding hydrogens is 464 g/mol. The Labute approximate surface area is 204 Å². The number of carbonyl (C=O) groups is 1. The van der Waals surface area contributed by atoms with Crippen LogP contribution >= 0.6 is 23.2 Å². The van der Waals surface area contributed by atoms with Crippen LogP contribution in [0, 0.1) is 6.92 Å². The van der Waals surface area contributed by atoms with Gasteiger partial charge < -0.3 is 15.1 Å². The molecule has 1 amide bonds. The van der Waals surface area contributed by atoms with E-state index in [0.29, 0.717) is 60.1 Å². The molecule has 2 aromatic rings. The molecule has 33 heavy (non-hydrogen) atoms. The highest BCUT2D eigenvalue weighted by Crippen LogP contribution is 2.25. The smallest absolute Gasteiger partial charge is 0.272 e. The Balaban J connectivity index is 1.32. The number of hydrogen-bond donors (Lipinski definition) is 1. The maximum atomic E-state index is 13.4. The lowest BCUT2D eigenvalue weighted by Crippen LogP contribution is -2.49. The molecule has 0 bridgehead atoms. The Bertz CT molecular complexity index is 975. The van der Waals surface area contributed by atoms with Crippen LogP contribution < -0.4 is 5.32 Å². The number of aromatic nitrogens is 2. The van der Waals surface area contributed by atoms with Gasteiger partial charge in [0.05, 0.1) is 10.0 Å². The van der Waals surface area contributed by atoms with Gasteiger partial charge in [-0.3, -0.25) is 4.79 Å². The number of carbonyl (C=O) groups excluding carboxylic acids is 1. The first-order valence-corrected chi connectivity index (χ1v) is 12.3. The quantitative estimate of drug-likeness (QED) is 0.626. The highest BCUT2D eigenvalue weighted by molar-refractivity contribution is 6.42. The molecule has 9 heteroatoms. The third-order valence-electron chi connectivity index (χ3n) is 6.70. The molecule has 0 saturated carbocycles. The van der Waals surface area contributed by atoms with Crippen molar-refractivity contribution in [2.75, 3.05) is 38.0 Å². The molecular formula is C24H30Cl2FN5O. The Hall–Kier alpha value is -1.96. The van der Waals surface area contributed by atoms with Crippen LogP contribution in [0.2, 0.25) is 10.0 Å². The number of nitrogens with one attached hydrogen (secondary N) is 1. The zero-order valence-corrected chi connectivity index (χ0v) is 20.4. The minimum absolute atomic E-state index is 0.0525. The maximum absolute atomic E-state index is 13.4. The van der Waals surface area contributed by atoms with Gasteiger partial charge in [0, 0.05) is 44.3 Å². The summed E-state index contributed by atoms with van der Waals surface area (Å²) in [5, 5.41) is 4.39. The van der Waals surface area contributed by atoms with E-state index in [1.54, 1.807) is 6.07 Å². The van der Waals surface area contributed by atoms with Gasteiger partial charge in [0.2, 0.25) is 0 Å². The molecule has 0 aliphatic carbocycles. The van der Waals surface area contributed by atoms with Crippen LogP contribution in [0.1, 0.15) is 47.3 Å². The summed E-state index contributed by atoms with van der Waals surface area (Å²) < 4.78 is 13.4. The number of likely N-dealkylation sites (tertiary alicyclic amines) is 2. The fourth-order valence-electron chi connectivity index (χ4n) is 4.68. The number of benzene rings is 1. The minimum atomic E-state index is -0.657. The van der Waals surface area contributed by atoms with Crippen molar-refractivity contribution in [2.24, 2.45) is 0 Å². The zero-order valence-electron chi connectivity index (χ0n) is 18.9. The average Bonchev–Trinajstić information content (AvgIpc) is 2.83. The topological polar surface area (TPSA) is 61.4 Å². The van der Waals surface area contributed by atoms with E-state index in [1.807, 2.05) is 24.0 Å². The fraction of sp³-hybridized carbons (Fsp3) is 0.542. The summed E-state index contributed by atoms with van der Waals surface area (Å²) in [6.07, 6.45) is 4.62. The SMILES string of the molecule is Cc1c(NCCc2ccc(Cl)c(Cl)c2)ncnc1C(=O)N1CCC(N2CCC(F)CC2)CC1. The van der Waals surface area contributed by atoms with Crippen LogP contribution in [-0.2, 0) is 6.42 Å². The van der Waals surface area contributed by atoms with Crippen LogP contribution in [0.3, 0.4) is 0 Å². The molecule has 1 N–H and O–H groups in total. The summed E-state index contributed by atoms with van der Waals surface area (Å²) in [6.45, 7) is 5.56. The van der Waals surface area contributed by atoms with E-state index in [-0.39, 0.29) is 5.91 Å². The molecule has 178 valence electrons. The predicted molar refractivity (Wildman–Crippen MR) is 130 cm³/mol. The third kappa shape index (κ3) is 5.94. The number of rotatable bonds is 6. The van der Waals surface area contributed by atoms with Crippen LogP contribution in [0.15, 0.2) is 24.5 Å². The van der Waals surface area contributed by atoms with Gasteiger partial charge in [0.25, 0.3) is 5.91 Å². The molecule has 2 fully saturated rings. The average molecular weight is 494 g/mol. The largest absolute Gasteiger partial charge is 0.369 e. The van der Waals surface area contributed by atoms with Crippen molar-refractivity contribution in [1.29, 1.82) is 0 Å². The molecule has 0 unspecified atom stereocenters. The molecule has 3 heterocycles. The van der Waals surface area contributed by atoms with Crippen molar-refractivity contribution in [3.8, 4) is 0 Å². The van der Waals surface area contributed by atoms with Gasteiger partial charge in [-0.1, -0.05) is 29.3 Å². The van der Waals surface area contributed by atoms with E-state index in [4.69, 9.17) is 23.2 Å². The van der Waals surface area contributed by atoms with E-state index in [2.05, 4.69) is 20.2 Å². The van der Waals surface area contributed by atoms with Crippen LogP contribution in [0.5, 0.6) is 0 Å². The Morgan fingerprint density at radius 2 is 1.82 bits per heavy atom. The fourth-order valence-corrected chi connectivity index (χ4v) is 5.00. The number of piperidine rings is 2. The van der Waals surface area contributed by atoms with E-state index >= 15 is 0 Å². The Morgan fingerprint density at radius 1 is 1.09 bits per heavy atom. The molecule has 0 spiro atoms. The van der Waals surface area contributed by atoms with Crippen LogP contribution in [-0.4, -0.2) is 70.6 Å². The molecule has 4 rings (SSSR count). The number of amides is 1. The summed E-state index contributed by atoms with van der Waals surface area (Å²) >= 11 is 12.1. The molecule has 2 aliphatic rings. The van der Waals surface area contributed by atoms with Crippen molar-refractivity contribution in [3.05, 3.63) is 51.4 Å². The van der Waals surface area contributed by atoms with Crippen molar-refractivity contribution in [2.45, 2.75) is 51.2 Å². The predicted octanol–water partition coefficient (Wildman–Crippen LogP) is 4.78. The Kier molecular flexibility index (Phi) is 8.04. The maximum Gasteiger partial charge on any atom is 0.272 e. The van der Waals surface area contributed by atoms with Crippen molar-refractivity contribution >= 4 is 34.9 Å². The van der Waals surface area contributed by atoms with Gasteiger partial charge in [0.1, 0.15) is 24.0 Å². The summed E-state index contributed by atoms with van der Waals surface area (Å²) in [7, 11) is 0. The first kappa shape index (κ1) is 24.2. The van der Waals surface area contributed by atoms with Crippen LogP contribution in [0.25, 0.3) is 0 Å². The lowest BCUT2D eigenvalue weighted by molar-refractivity contribution is 0.0518. The van der Waals surface area contributed by atoms with Crippen molar-refractivity contribution in [1.82, 2.24) is 19.8 Å². The normalized spacial score (nSPS) is 18.5. The second-order valence-electron chi connectivity index (χ2n) is 8.86. The zero-order chi connectivity index (χ0) is 23.4. The molecule has 2 aliphatic heterocycles. The van der Waals surface area contributed by atoms with Crippen molar-refractivity contribution in [3.63, 3.8) is 0 Å². The summed E-state index contributed by atoms with van der Waals surface area (Å²) in [6, 6.07) is 6.03. The van der Waals surface area contributed by atoms with Gasteiger partial charge in [-0.25, -0.2) is 14.4 Å². The van der Waals surface area contributed by atoms with Gasteiger partial charge in [-0.05, 0) is 56.7 Å². The second kappa shape index (κ2) is 11.0. The molecule has 1 aromatic heterocycles. The second-order valence-corrected chi connectivity index (χ2v) is 9.67. The highest BCUT2D eigenvalue weighted by Gasteiger charge is 2.31. The number of alkyl halides is 1. The summed E-state index contributed by atoms with van der Waals surface area (Å²) in [5.74, 6) is 0.612. The van der Waals surface area contributed by atoms with E-state index in [1.165, 1.54) is 6.33 Å². The molecule has 0 radical (unpaired) electrons. The molecule has 6 nitrogen and oxygen atoms in total. The van der Waals surface area contributed by atoms with Crippen molar-refractivity contribution < 1.29 is 9.18 Å². The summed E-state index contributed by atoms with van der Waals surface area (Å²) in [5.41, 5.74) is 2.26.